The summed E-state index contributed by atoms with van der Waals surface area (Å²) in [7, 11) is 2.20. The third kappa shape index (κ3) is 2.56. The van der Waals surface area contributed by atoms with E-state index in [4.69, 9.17) is 0 Å². The summed E-state index contributed by atoms with van der Waals surface area (Å²) in [6, 6.07) is 7.35. The third-order valence-corrected chi connectivity index (χ3v) is 3.43. The summed E-state index contributed by atoms with van der Waals surface area (Å²) < 4.78 is 0. The molecule has 16 heavy (non-hydrogen) atoms. The summed E-state index contributed by atoms with van der Waals surface area (Å²) in [4.78, 5) is 2.38. The Balaban J connectivity index is 2.07. The molecule has 88 valence electrons. The molecule has 0 spiro atoms. The Morgan fingerprint density at radius 3 is 2.88 bits per heavy atom. The number of aryl methyl sites for hydroxylation is 2. The van der Waals surface area contributed by atoms with Crippen LogP contribution in [-0.2, 0) is 0 Å². The predicted molar refractivity (Wildman–Crippen MR) is 70.2 cm³/mol. The minimum Gasteiger partial charge on any atom is -0.373 e. The average Bonchev–Trinajstić information content (AvgIpc) is 2.74. The molecule has 0 aliphatic carbocycles. The number of anilines is 1. The fourth-order valence-corrected chi connectivity index (χ4v) is 2.47. The monoisotopic (exact) mass is 218 g/mol. The molecule has 1 atom stereocenters. The normalized spacial score (nSPS) is 20.1. The van der Waals surface area contributed by atoms with Gasteiger partial charge in [0.05, 0.1) is 0 Å². The van der Waals surface area contributed by atoms with E-state index in [1.165, 1.54) is 36.2 Å². The minimum atomic E-state index is 0.671. The molecular weight excluding hydrogens is 196 g/mol. The van der Waals surface area contributed by atoms with Crippen LogP contribution >= 0.6 is 0 Å². The molecule has 2 heteroatoms. The van der Waals surface area contributed by atoms with Gasteiger partial charge in [0.25, 0.3) is 0 Å². The Labute approximate surface area is 98.7 Å². The lowest BCUT2D eigenvalue weighted by molar-refractivity contribution is 0.599. The first kappa shape index (κ1) is 11.5. The molecule has 1 aliphatic rings. The summed E-state index contributed by atoms with van der Waals surface area (Å²) >= 11 is 0. The van der Waals surface area contributed by atoms with Crippen LogP contribution in [0, 0.1) is 13.8 Å². The smallest absolute Gasteiger partial charge is 0.0396 e. The van der Waals surface area contributed by atoms with Crippen LogP contribution in [0.25, 0.3) is 0 Å². The Morgan fingerprint density at radius 2 is 2.19 bits per heavy atom. The van der Waals surface area contributed by atoms with E-state index in [-0.39, 0.29) is 0 Å². The van der Waals surface area contributed by atoms with Crippen molar-refractivity contribution in [3.05, 3.63) is 29.3 Å². The maximum atomic E-state index is 3.55. The van der Waals surface area contributed by atoms with Crippen molar-refractivity contribution >= 4 is 5.69 Å². The highest BCUT2D eigenvalue weighted by atomic mass is 15.1. The zero-order valence-electron chi connectivity index (χ0n) is 10.6. The predicted octanol–water partition coefficient (Wildman–Crippen LogP) is 2.49. The fraction of sp³-hybridized carbons (Fsp3) is 0.571. The lowest BCUT2D eigenvalue weighted by Gasteiger charge is -2.25. The topological polar surface area (TPSA) is 15.3 Å². The van der Waals surface area contributed by atoms with Gasteiger partial charge in [-0.05, 0) is 50.4 Å². The van der Waals surface area contributed by atoms with Gasteiger partial charge >= 0.3 is 0 Å². The summed E-state index contributed by atoms with van der Waals surface area (Å²) in [5, 5.41) is 3.55. The van der Waals surface area contributed by atoms with Gasteiger partial charge in [-0.2, -0.15) is 0 Å². The van der Waals surface area contributed by atoms with E-state index in [0.29, 0.717) is 6.04 Å². The molecule has 1 aromatic rings. The highest BCUT2D eigenvalue weighted by Gasteiger charge is 2.16. The van der Waals surface area contributed by atoms with Gasteiger partial charge in [0.2, 0.25) is 0 Å². The van der Waals surface area contributed by atoms with Crippen LogP contribution in [0.5, 0.6) is 0 Å². The van der Waals surface area contributed by atoms with E-state index in [9.17, 15) is 0 Å². The van der Waals surface area contributed by atoms with Gasteiger partial charge in [-0.15, -0.1) is 0 Å². The number of hydrogen-bond donors (Lipinski definition) is 1. The van der Waals surface area contributed by atoms with Crippen molar-refractivity contribution in [2.45, 2.75) is 32.7 Å². The molecule has 0 bridgehead atoms. The third-order valence-electron chi connectivity index (χ3n) is 3.43. The molecule has 1 fully saturated rings. The van der Waals surface area contributed by atoms with Gasteiger partial charge in [0.1, 0.15) is 0 Å². The van der Waals surface area contributed by atoms with Gasteiger partial charge in [-0.3, -0.25) is 0 Å². The van der Waals surface area contributed by atoms with Crippen molar-refractivity contribution in [2.75, 3.05) is 25.0 Å². The highest BCUT2D eigenvalue weighted by Crippen LogP contribution is 2.21. The summed E-state index contributed by atoms with van der Waals surface area (Å²) in [6.45, 7) is 6.65. The molecule has 0 amide bonds. The molecule has 0 radical (unpaired) electrons. The molecule has 0 aromatic heterocycles. The Hall–Kier alpha value is -1.02. The first-order chi connectivity index (χ1) is 7.66. The number of nitrogens with one attached hydrogen (secondary N) is 1. The fourth-order valence-electron chi connectivity index (χ4n) is 2.47. The summed E-state index contributed by atoms with van der Waals surface area (Å²) in [5.41, 5.74) is 4.08. The van der Waals surface area contributed by atoms with Crippen LogP contribution in [0.15, 0.2) is 18.2 Å². The van der Waals surface area contributed by atoms with Gasteiger partial charge in [-0.1, -0.05) is 12.1 Å². The van der Waals surface area contributed by atoms with Crippen molar-refractivity contribution in [3.63, 3.8) is 0 Å². The molecule has 2 nitrogen and oxygen atoms in total. The lowest BCUT2D eigenvalue weighted by atomic mass is 10.1. The lowest BCUT2D eigenvalue weighted by Crippen LogP contribution is -2.35. The second kappa shape index (κ2) is 4.88. The standard InChI is InChI=1S/C14H22N2/c1-11-6-7-12(2)14(9-11)16(3)10-13-5-4-8-15-13/h6-7,9,13,15H,4-5,8,10H2,1-3H3. The van der Waals surface area contributed by atoms with E-state index >= 15 is 0 Å². The number of rotatable bonds is 3. The summed E-state index contributed by atoms with van der Waals surface area (Å²) in [6.07, 6.45) is 2.64. The Bertz CT molecular complexity index is 354. The molecule has 1 aliphatic heterocycles. The van der Waals surface area contributed by atoms with Crippen LogP contribution in [0.2, 0.25) is 0 Å². The van der Waals surface area contributed by atoms with Crippen LogP contribution in [0.1, 0.15) is 24.0 Å². The number of hydrogen-bond acceptors (Lipinski definition) is 2. The first-order valence-electron chi connectivity index (χ1n) is 6.18. The van der Waals surface area contributed by atoms with Crippen molar-refractivity contribution in [1.82, 2.24) is 5.32 Å². The molecule has 1 unspecified atom stereocenters. The maximum Gasteiger partial charge on any atom is 0.0396 e. The number of nitrogens with zero attached hydrogens (tertiary/aromatic N) is 1. The van der Waals surface area contributed by atoms with Crippen LogP contribution in [-0.4, -0.2) is 26.2 Å². The van der Waals surface area contributed by atoms with Gasteiger partial charge < -0.3 is 10.2 Å². The molecule has 1 N–H and O–H groups in total. The van der Waals surface area contributed by atoms with Crippen molar-refractivity contribution in [2.24, 2.45) is 0 Å². The zero-order chi connectivity index (χ0) is 11.5. The summed E-state index contributed by atoms with van der Waals surface area (Å²) in [5.74, 6) is 0. The molecular formula is C14H22N2. The van der Waals surface area contributed by atoms with E-state index in [2.05, 4.69) is 49.3 Å². The second-order valence-electron chi connectivity index (χ2n) is 4.96. The van der Waals surface area contributed by atoms with E-state index in [0.717, 1.165) is 6.54 Å². The van der Waals surface area contributed by atoms with Gasteiger partial charge in [-0.25, -0.2) is 0 Å². The van der Waals surface area contributed by atoms with Gasteiger partial charge in [0, 0.05) is 25.3 Å². The maximum absolute atomic E-state index is 3.55. The van der Waals surface area contributed by atoms with Crippen LogP contribution in [0.4, 0.5) is 5.69 Å². The Morgan fingerprint density at radius 1 is 1.38 bits per heavy atom. The van der Waals surface area contributed by atoms with Crippen LogP contribution < -0.4 is 10.2 Å². The molecule has 1 aromatic carbocycles. The highest BCUT2D eigenvalue weighted by molar-refractivity contribution is 5.54. The van der Waals surface area contributed by atoms with E-state index < -0.39 is 0 Å². The van der Waals surface area contributed by atoms with Crippen molar-refractivity contribution in [1.29, 1.82) is 0 Å². The zero-order valence-corrected chi connectivity index (χ0v) is 10.6. The Kier molecular flexibility index (Phi) is 3.49. The second-order valence-corrected chi connectivity index (χ2v) is 4.96. The van der Waals surface area contributed by atoms with Crippen LogP contribution in [0.3, 0.4) is 0 Å². The quantitative estimate of drug-likeness (QED) is 0.838. The molecule has 1 heterocycles. The minimum absolute atomic E-state index is 0.671. The molecule has 1 saturated heterocycles. The molecule has 0 saturated carbocycles. The van der Waals surface area contributed by atoms with Crippen molar-refractivity contribution in [3.8, 4) is 0 Å². The van der Waals surface area contributed by atoms with E-state index in [1.807, 2.05) is 0 Å². The largest absolute Gasteiger partial charge is 0.373 e. The van der Waals surface area contributed by atoms with E-state index in [1.54, 1.807) is 0 Å². The van der Waals surface area contributed by atoms with Gasteiger partial charge in [0.15, 0.2) is 0 Å². The number of benzene rings is 1. The number of likely N-dealkylation sites (N-methyl/N-ethyl adjacent to an activating group) is 1. The molecule has 2 rings (SSSR count). The average molecular weight is 218 g/mol. The van der Waals surface area contributed by atoms with Crippen molar-refractivity contribution < 1.29 is 0 Å². The first-order valence-corrected chi connectivity index (χ1v) is 6.18. The SMILES string of the molecule is Cc1ccc(C)c(N(C)CC2CCCN2)c1.